The maximum absolute atomic E-state index is 11.6. The first-order chi connectivity index (χ1) is 9.74. The van der Waals surface area contributed by atoms with Crippen molar-refractivity contribution in [1.82, 2.24) is 15.6 Å². The molecule has 0 saturated carbocycles. The van der Waals surface area contributed by atoms with Gasteiger partial charge in [0.15, 0.2) is 0 Å². The van der Waals surface area contributed by atoms with Gasteiger partial charge >= 0.3 is 6.03 Å². The van der Waals surface area contributed by atoms with Gasteiger partial charge in [-0.3, -0.25) is 0 Å². The Labute approximate surface area is 124 Å². The highest BCUT2D eigenvalue weighted by Gasteiger charge is 2.13. The van der Waals surface area contributed by atoms with Gasteiger partial charge < -0.3 is 15.4 Å². The van der Waals surface area contributed by atoms with Crippen LogP contribution in [0.1, 0.15) is 35.6 Å². The van der Waals surface area contributed by atoms with Crippen molar-refractivity contribution >= 4 is 17.4 Å². The molecule has 2 heterocycles. The Hall–Kier alpha value is -1.14. The van der Waals surface area contributed by atoms with Crippen molar-refractivity contribution in [2.45, 2.75) is 45.1 Å². The van der Waals surface area contributed by atoms with Gasteiger partial charge in [0.25, 0.3) is 0 Å². The SMILES string of the molecule is Cc1cnc(CCNC(=O)NCCC2CCCCO2)s1. The molecule has 112 valence electrons. The second-order valence-corrected chi connectivity index (χ2v) is 6.39. The highest BCUT2D eigenvalue weighted by molar-refractivity contribution is 7.11. The van der Waals surface area contributed by atoms with Crippen LogP contribution in [-0.2, 0) is 11.2 Å². The van der Waals surface area contributed by atoms with Crippen LogP contribution in [-0.4, -0.2) is 36.8 Å². The van der Waals surface area contributed by atoms with E-state index in [9.17, 15) is 4.79 Å². The Morgan fingerprint density at radius 2 is 2.30 bits per heavy atom. The van der Waals surface area contributed by atoms with Gasteiger partial charge in [0.2, 0.25) is 0 Å². The molecule has 1 unspecified atom stereocenters. The summed E-state index contributed by atoms with van der Waals surface area (Å²) in [6.45, 7) is 4.20. The molecule has 20 heavy (non-hydrogen) atoms. The average Bonchev–Trinajstić information content (AvgIpc) is 2.86. The number of hydrogen-bond donors (Lipinski definition) is 2. The van der Waals surface area contributed by atoms with Crippen LogP contribution in [0, 0.1) is 6.92 Å². The number of ether oxygens (including phenoxy) is 1. The number of aromatic nitrogens is 1. The summed E-state index contributed by atoms with van der Waals surface area (Å²) in [6, 6.07) is -0.103. The van der Waals surface area contributed by atoms with Crippen molar-refractivity contribution < 1.29 is 9.53 Å². The Bertz CT molecular complexity index is 416. The van der Waals surface area contributed by atoms with E-state index in [0.717, 1.165) is 30.9 Å². The van der Waals surface area contributed by atoms with Gasteiger partial charge in [-0.25, -0.2) is 9.78 Å². The maximum Gasteiger partial charge on any atom is 0.314 e. The summed E-state index contributed by atoms with van der Waals surface area (Å²) in [4.78, 5) is 17.1. The first kappa shape index (κ1) is 15.3. The Morgan fingerprint density at radius 1 is 1.45 bits per heavy atom. The molecule has 0 aliphatic carbocycles. The standard InChI is InChI=1S/C14H23N3O2S/c1-11-10-17-13(20-11)6-8-16-14(18)15-7-5-12-4-2-3-9-19-12/h10,12H,2-9H2,1H3,(H2,15,16,18). The molecule has 0 spiro atoms. The summed E-state index contributed by atoms with van der Waals surface area (Å²) in [5.41, 5.74) is 0. The zero-order valence-corrected chi connectivity index (χ0v) is 12.8. The van der Waals surface area contributed by atoms with Gasteiger partial charge in [-0.05, 0) is 32.6 Å². The molecule has 6 heteroatoms. The molecule has 1 fully saturated rings. The molecule has 1 aromatic rings. The van der Waals surface area contributed by atoms with E-state index in [1.165, 1.54) is 17.7 Å². The number of nitrogens with one attached hydrogen (secondary N) is 2. The van der Waals surface area contributed by atoms with Crippen molar-refractivity contribution in [3.63, 3.8) is 0 Å². The fourth-order valence-electron chi connectivity index (χ4n) is 2.24. The van der Waals surface area contributed by atoms with Crippen molar-refractivity contribution in [1.29, 1.82) is 0 Å². The Kier molecular flexibility index (Phi) is 6.26. The van der Waals surface area contributed by atoms with E-state index in [2.05, 4.69) is 15.6 Å². The minimum absolute atomic E-state index is 0.103. The molecule has 0 bridgehead atoms. The number of carbonyl (C=O) groups excluding carboxylic acids is 1. The molecule has 2 rings (SSSR count). The molecule has 0 aromatic carbocycles. The fourth-order valence-corrected chi connectivity index (χ4v) is 3.03. The lowest BCUT2D eigenvalue weighted by Gasteiger charge is -2.22. The molecule has 5 nitrogen and oxygen atoms in total. The Balaban J connectivity index is 1.51. The third kappa shape index (κ3) is 5.46. The lowest BCUT2D eigenvalue weighted by molar-refractivity contribution is 0.0120. The van der Waals surface area contributed by atoms with Crippen LogP contribution in [0.25, 0.3) is 0 Å². The van der Waals surface area contributed by atoms with Gasteiger partial charge in [-0.1, -0.05) is 0 Å². The zero-order valence-electron chi connectivity index (χ0n) is 12.0. The van der Waals surface area contributed by atoms with Gasteiger partial charge in [0.1, 0.15) is 0 Å². The maximum atomic E-state index is 11.6. The number of rotatable bonds is 6. The summed E-state index contributed by atoms with van der Waals surface area (Å²) >= 11 is 1.68. The first-order valence-corrected chi connectivity index (χ1v) is 8.10. The number of amides is 2. The number of hydrogen-bond acceptors (Lipinski definition) is 4. The summed E-state index contributed by atoms with van der Waals surface area (Å²) in [5, 5.41) is 6.80. The predicted octanol–water partition coefficient (Wildman–Crippen LogP) is 2.25. The predicted molar refractivity (Wildman–Crippen MR) is 80.2 cm³/mol. The number of aryl methyl sites for hydroxylation is 1. The van der Waals surface area contributed by atoms with Crippen LogP contribution in [0.4, 0.5) is 4.79 Å². The smallest absolute Gasteiger partial charge is 0.314 e. The minimum Gasteiger partial charge on any atom is -0.378 e. The second kappa shape index (κ2) is 8.21. The number of urea groups is 1. The fraction of sp³-hybridized carbons (Fsp3) is 0.714. The molecule has 0 radical (unpaired) electrons. The largest absolute Gasteiger partial charge is 0.378 e. The highest BCUT2D eigenvalue weighted by Crippen LogP contribution is 2.14. The summed E-state index contributed by atoms with van der Waals surface area (Å²) in [6.07, 6.45) is 7.40. The zero-order chi connectivity index (χ0) is 14.2. The third-order valence-electron chi connectivity index (χ3n) is 3.32. The minimum atomic E-state index is -0.103. The third-order valence-corrected chi connectivity index (χ3v) is 4.29. The van der Waals surface area contributed by atoms with E-state index < -0.39 is 0 Å². The van der Waals surface area contributed by atoms with Crippen LogP contribution in [0.5, 0.6) is 0 Å². The van der Waals surface area contributed by atoms with E-state index in [0.29, 0.717) is 19.2 Å². The molecule has 1 aromatic heterocycles. The van der Waals surface area contributed by atoms with E-state index in [-0.39, 0.29) is 6.03 Å². The van der Waals surface area contributed by atoms with Crippen molar-refractivity contribution in [2.24, 2.45) is 0 Å². The van der Waals surface area contributed by atoms with E-state index in [1.54, 1.807) is 11.3 Å². The molecule has 2 N–H and O–H groups in total. The van der Waals surface area contributed by atoms with Crippen molar-refractivity contribution in [3.8, 4) is 0 Å². The number of thiazole rings is 1. The molecule has 1 atom stereocenters. The van der Waals surface area contributed by atoms with E-state index in [1.807, 2.05) is 13.1 Å². The highest BCUT2D eigenvalue weighted by atomic mass is 32.1. The van der Waals surface area contributed by atoms with Gasteiger partial charge in [-0.2, -0.15) is 0 Å². The summed E-state index contributed by atoms with van der Waals surface area (Å²) in [5.74, 6) is 0. The first-order valence-electron chi connectivity index (χ1n) is 7.28. The molecule has 1 aliphatic heterocycles. The molecule has 1 saturated heterocycles. The van der Waals surface area contributed by atoms with Crippen LogP contribution in [0.3, 0.4) is 0 Å². The van der Waals surface area contributed by atoms with Crippen LogP contribution >= 0.6 is 11.3 Å². The van der Waals surface area contributed by atoms with Gasteiger partial charge in [-0.15, -0.1) is 11.3 Å². The summed E-state index contributed by atoms with van der Waals surface area (Å²) in [7, 11) is 0. The second-order valence-electron chi connectivity index (χ2n) is 5.07. The van der Waals surface area contributed by atoms with Crippen molar-refractivity contribution in [2.75, 3.05) is 19.7 Å². The average molecular weight is 297 g/mol. The van der Waals surface area contributed by atoms with Gasteiger partial charge in [0, 0.05) is 37.2 Å². The van der Waals surface area contributed by atoms with E-state index >= 15 is 0 Å². The normalized spacial score (nSPS) is 18.8. The lowest BCUT2D eigenvalue weighted by Crippen LogP contribution is -2.38. The van der Waals surface area contributed by atoms with Crippen LogP contribution in [0.15, 0.2) is 6.20 Å². The molecular weight excluding hydrogens is 274 g/mol. The molecular formula is C14H23N3O2S. The molecule has 1 aliphatic rings. The van der Waals surface area contributed by atoms with Crippen LogP contribution < -0.4 is 10.6 Å². The van der Waals surface area contributed by atoms with E-state index in [4.69, 9.17) is 4.74 Å². The van der Waals surface area contributed by atoms with Gasteiger partial charge in [0.05, 0.1) is 11.1 Å². The molecule has 2 amide bonds. The monoisotopic (exact) mass is 297 g/mol. The lowest BCUT2D eigenvalue weighted by atomic mass is 10.1. The van der Waals surface area contributed by atoms with Crippen molar-refractivity contribution in [3.05, 3.63) is 16.1 Å². The topological polar surface area (TPSA) is 63.2 Å². The quantitative estimate of drug-likeness (QED) is 0.846. The number of carbonyl (C=O) groups is 1. The number of nitrogens with zero attached hydrogens (tertiary/aromatic N) is 1. The Morgan fingerprint density at radius 3 is 3.00 bits per heavy atom. The van der Waals surface area contributed by atoms with Crippen LogP contribution in [0.2, 0.25) is 0 Å². The summed E-state index contributed by atoms with van der Waals surface area (Å²) < 4.78 is 5.62.